The van der Waals surface area contributed by atoms with E-state index in [1.807, 2.05) is 6.92 Å². The number of nitrogens with two attached hydrogens (primary N) is 1. The van der Waals surface area contributed by atoms with E-state index in [1.165, 1.54) is 12.4 Å². The predicted molar refractivity (Wildman–Crippen MR) is 70.9 cm³/mol. The van der Waals surface area contributed by atoms with Crippen molar-refractivity contribution in [3.63, 3.8) is 0 Å². The second-order valence-corrected chi connectivity index (χ2v) is 4.50. The molecular formula is C12H15ClFN5. The fourth-order valence-corrected chi connectivity index (χ4v) is 2.24. The third-order valence-electron chi connectivity index (χ3n) is 2.82. The fraction of sp³-hybridized carbons (Fsp3) is 0.333. The summed E-state index contributed by atoms with van der Waals surface area (Å²) in [5.41, 5.74) is 3.62. The van der Waals surface area contributed by atoms with E-state index in [0.717, 1.165) is 12.6 Å². The fourth-order valence-electron chi connectivity index (χ4n) is 1.98. The molecule has 0 saturated heterocycles. The lowest BCUT2D eigenvalue weighted by Gasteiger charge is -2.19. The zero-order valence-corrected chi connectivity index (χ0v) is 11.2. The summed E-state index contributed by atoms with van der Waals surface area (Å²) in [4.78, 5) is 3.73. The zero-order valence-electron chi connectivity index (χ0n) is 10.5. The van der Waals surface area contributed by atoms with Gasteiger partial charge in [-0.15, -0.1) is 0 Å². The summed E-state index contributed by atoms with van der Waals surface area (Å²) in [7, 11) is 0. The highest BCUT2D eigenvalue weighted by Crippen LogP contribution is 2.29. The molecule has 1 unspecified atom stereocenters. The number of hydrogen-bond acceptors (Lipinski definition) is 4. The third kappa shape index (κ3) is 2.75. The van der Waals surface area contributed by atoms with Gasteiger partial charge in [-0.25, -0.2) is 9.82 Å². The minimum absolute atomic E-state index is 0.386. The Labute approximate surface area is 115 Å². The predicted octanol–water partition coefficient (Wildman–Crippen LogP) is 2.03. The van der Waals surface area contributed by atoms with Gasteiger partial charge in [-0.3, -0.25) is 15.5 Å². The molecule has 0 fully saturated rings. The molecule has 0 spiro atoms. The molecule has 3 N–H and O–H groups in total. The van der Waals surface area contributed by atoms with E-state index in [4.69, 9.17) is 17.4 Å². The highest BCUT2D eigenvalue weighted by atomic mass is 35.5. The first-order valence-electron chi connectivity index (χ1n) is 5.95. The maximum Gasteiger partial charge on any atom is 0.146 e. The van der Waals surface area contributed by atoms with Crippen LogP contribution in [0.2, 0.25) is 5.02 Å². The second kappa shape index (κ2) is 6.10. The van der Waals surface area contributed by atoms with Crippen molar-refractivity contribution in [2.75, 3.05) is 0 Å². The van der Waals surface area contributed by atoms with E-state index in [2.05, 4.69) is 15.5 Å². The maximum absolute atomic E-state index is 13.8. The average molecular weight is 284 g/mol. The Morgan fingerprint density at radius 3 is 2.95 bits per heavy atom. The molecule has 7 heteroatoms. The van der Waals surface area contributed by atoms with Crippen LogP contribution < -0.4 is 11.3 Å². The van der Waals surface area contributed by atoms with Crippen molar-refractivity contribution in [3.05, 3.63) is 46.8 Å². The number of hydrogen-bond donors (Lipinski definition) is 2. The average Bonchev–Trinajstić information content (AvgIpc) is 2.75. The standard InChI is InChI=1S/C12H15ClFN5/c1-2-5-19-12(9(13)6-17-19)11(18-15)8-3-4-16-7-10(8)14/h3-4,6-7,11,18H,2,5,15H2,1H3. The smallest absolute Gasteiger partial charge is 0.146 e. The molecule has 0 radical (unpaired) electrons. The molecule has 0 amide bonds. The largest absolute Gasteiger partial charge is 0.271 e. The van der Waals surface area contributed by atoms with E-state index < -0.39 is 11.9 Å². The molecule has 0 bridgehead atoms. The number of halogens is 2. The lowest BCUT2D eigenvalue weighted by Crippen LogP contribution is -2.31. The molecule has 0 saturated carbocycles. The zero-order chi connectivity index (χ0) is 13.8. The highest BCUT2D eigenvalue weighted by molar-refractivity contribution is 6.31. The van der Waals surface area contributed by atoms with Gasteiger partial charge in [0.2, 0.25) is 0 Å². The topological polar surface area (TPSA) is 68.8 Å². The lowest BCUT2D eigenvalue weighted by atomic mass is 10.1. The van der Waals surface area contributed by atoms with Crippen molar-refractivity contribution in [3.8, 4) is 0 Å². The first kappa shape index (κ1) is 13.9. The van der Waals surface area contributed by atoms with Gasteiger partial charge in [0.05, 0.1) is 29.2 Å². The van der Waals surface area contributed by atoms with Crippen molar-refractivity contribution in [2.45, 2.75) is 25.9 Å². The van der Waals surface area contributed by atoms with Crippen LogP contribution in [0.25, 0.3) is 0 Å². The summed E-state index contributed by atoms with van der Waals surface area (Å²) < 4.78 is 15.6. The molecule has 0 aliphatic rings. The van der Waals surface area contributed by atoms with Crippen LogP contribution in [0.3, 0.4) is 0 Å². The van der Waals surface area contributed by atoms with E-state index in [1.54, 1.807) is 10.7 Å². The van der Waals surface area contributed by atoms with Gasteiger partial charge in [-0.1, -0.05) is 18.5 Å². The first-order chi connectivity index (χ1) is 9.19. The highest BCUT2D eigenvalue weighted by Gasteiger charge is 2.23. The molecule has 5 nitrogen and oxygen atoms in total. The van der Waals surface area contributed by atoms with E-state index in [-0.39, 0.29) is 0 Å². The van der Waals surface area contributed by atoms with Crippen molar-refractivity contribution >= 4 is 11.6 Å². The van der Waals surface area contributed by atoms with Crippen molar-refractivity contribution in [1.82, 2.24) is 20.2 Å². The Balaban J connectivity index is 2.48. The van der Waals surface area contributed by atoms with E-state index >= 15 is 0 Å². The summed E-state index contributed by atoms with van der Waals surface area (Å²) in [5, 5.41) is 4.63. The van der Waals surface area contributed by atoms with Crippen LogP contribution in [0.1, 0.15) is 30.6 Å². The number of nitrogens with one attached hydrogen (secondary N) is 1. The molecule has 0 aliphatic heterocycles. The monoisotopic (exact) mass is 283 g/mol. The quantitative estimate of drug-likeness (QED) is 0.651. The van der Waals surface area contributed by atoms with Crippen LogP contribution in [0.15, 0.2) is 24.7 Å². The van der Waals surface area contributed by atoms with Crippen LogP contribution in [0.4, 0.5) is 4.39 Å². The van der Waals surface area contributed by atoms with E-state index in [0.29, 0.717) is 22.8 Å². The SMILES string of the molecule is CCCn1ncc(Cl)c1C(NN)c1ccncc1F. The molecule has 102 valence electrons. The molecule has 19 heavy (non-hydrogen) atoms. The Bertz CT molecular complexity index is 557. The van der Waals surface area contributed by atoms with Gasteiger partial charge in [0.15, 0.2) is 0 Å². The van der Waals surface area contributed by atoms with Gasteiger partial charge in [-0.05, 0) is 12.5 Å². The maximum atomic E-state index is 13.8. The second-order valence-electron chi connectivity index (χ2n) is 4.10. The Morgan fingerprint density at radius 1 is 1.53 bits per heavy atom. The molecule has 1 atom stereocenters. The summed E-state index contributed by atoms with van der Waals surface area (Å²) >= 11 is 6.14. The van der Waals surface area contributed by atoms with Crippen LogP contribution in [-0.2, 0) is 6.54 Å². The number of hydrazine groups is 1. The Hall–Kier alpha value is -1.50. The summed E-state index contributed by atoms with van der Waals surface area (Å²) in [6, 6.07) is 1.00. The summed E-state index contributed by atoms with van der Waals surface area (Å²) in [6.45, 7) is 2.71. The minimum atomic E-state index is -0.565. The molecule has 0 aromatic carbocycles. The number of nitrogens with zero attached hydrogens (tertiary/aromatic N) is 3. The summed E-state index contributed by atoms with van der Waals surface area (Å²) in [5.74, 6) is 5.12. The van der Waals surface area contributed by atoms with Gasteiger partial charge < -0.3 is 0 Å². The van der Waals surface area contributed by atoms with E-state index in [9.17, 15) is 4.39 Å². The van der Waals surface area contributed by atoms with Gasteiger partial charge >= 0.3 is 0 Å². The first-order valence-corrected chi connectivity index (χ1v) is 6.33. The number of rotatable bonds is 5. The molecule has 0 aliphatic carbocycles. The van der Waals surface area contributed by atoms with Gasteiger partial charge in [0.25, 0.3) is 0 Å². The number of aryl methyl sites for hydroxylation is 1. The van der Waals surface area contributed by atoms with Crippen LogP contribution >= 0.6 is 11.6 Å². The number of aromatic nitrogens is 3. The molecule has 2 aromatic heterocycles. The van der Waals surface area contributed by atoms with Gasteiger partial charge in [0, 0.05) is 18.3 Å². The summed E-state index contributed by atoms with van der Waals surface area (Å²) in [6.07, 6.45) is 5.09. The molecule has 2 aromatic rings. The lowest BCUT2D eigenvalue weighted by molar-refractivity contribution is 0.501. The molecule has 2 rings (SSSR count). The van der Waals surface area contributed by atoms with Crippen molar-refractivity contribution in [1.29, 1.82) is 0 Å². The van der Waals surface area contributed by atoms with Crippen LogP contribution in [0, 0.1) is 5.82 Å². The Morgan fingerprint density at radius 2 is 2.32 bits per heavy atom. The minimum Gasteiger partial charge on any atom is -0.271 e. The normalized spacial score (nSPS) is 12.6. The molecular weight excluding hydrogens is 269 g/mol. The van der Waals surface area contributed by atoms with Gasteiger partial charge in [0.1, 0.15) is 5.82 Å². The van der Waals surface area contributed by atoms with Gasteiger partial charge in [-0.2, -0.15) is 5.10 Å². The Kier molecular flexibility index (Phi) is 4.47. The van der Waals surface area contributed by atoms with Crippen LogP contribution in [-0.4, -0.2) is 14.8 Å². The van der Waals surface area contributed by atoms with Crippen molar-refractivity contribution in [2.24, 2.45) is 5.84 Å². The molecule has 2 heterocycles. The number of pyridine rings is 1. The van der Waals surface area contributed by atoms with Crippen molar-refractivity contribution < 1.29 is 4.39 Å². The van der Waals surface area contributed by atoms with Crippen LogP contribution in [0.5, 0.6) is 0 Å². The third-order valence-corrected chi connectivity index (χ3v) is 3.11.